The summed E-state index contributed by atoms with van der Waals surface area (Å²) in [6, 6.07) is 17.8. The van der Waals surface area contributed by atoms with Crippen molar-refractivity contribution in [2.45, 2.75) is 6.54 Å². The van der Waals surface area contributed by atoms with Crippen molar-refractivity contribution in [2.24, 2.45) is 0 Å². The number of carbonyl (C=O) groups is 1. The molecule has 1 saturated heterocycles. The molecule has 1 aliphatic rings. The quantitative estimate of drug-likeness (QED) is 0.828. The van der Waals surface area contributed by atoms with E-state index < -0.39 is 0 Å². The molecule has 0 aliphatic carbocycles. The van der Waals surface area contributed by atoms with Gasteiger partial charge < -0.3 is 15.2 Å². The van der Waals surface area contributed by atoms with Gasteiger partial charge in [0.05, 0.1) is 0 Å². The molecule has 0 aromatic heterocycles. The monoisotopic (exact) mass is 324 g/mol. The Bertz CT molecular complexity index is 666. The molecule has 2 aromatic carbocycles. The Morgan fingerprint density at radius 1 is 0.958 bits per heavy atom. The first kappa shape index (κ1) is 16.5. The van der Waals surface area contributed by atoms with Gasteiger partial charge in [-0.15, -0.1) is 0 Å². The predicted molar refractivity (Wildman–Crippen MR) is 96.7 cm³/mol. The van der Waals surface area contributed by atoms with Gasteiger partial charge in [0.25, 0.3) is 5.91 Å². The Morgan fingerprint density at radius 2 is 1.62 bits per heavy atom. The van der Waals surface area contributed by atoms with Crippen LogP contribution >= 0.6 is 0 Å². The maximum atomic E-state index is 12.8. The van der Waals surface area contributed by atoms with Crippen LogP contribution in [-0.4, -0.2) is 48.9 Å². The van der Waals surface area contributed by atoms with Gasteiger partial charge in [0.2, 0.25) is 0 Å². The van der Waals surface area contributed by atoms with Crippen LogP contribution in [0, 0.1) is 0 Å². The zero-order chi connectivity index (χ0) is 16.8. The lowest BCUT2D eigenvalue weighted by atomic mass is 10.1. The number of amides is 1. The molecule has 0 saturated carbocycles. The van der Waals surface area contributed by atoms with Crippen molar-refractivity contribution >= 4 is 11.6 Å². The molecular formula is C19H24N4O. The number of hydrazine groups is 1. The Kier molecular flexibility index (Phi) is 5.46. The molecule has 1 amide bonds. The van der Waals surface area contributed by atoms with E-state index in [0.717, 1.165) is 43.0 Å². The first-order valence-electron chi connectivity index (χ1n) is 8.33. The number of para-hydroxylation sites is 1. The highest BCUT2D eigenvalue weighted by atomic mass is 16.2. The van der Waals surface area contributed by atoms with Gasteiger partial charge in [-0.1, -0.05) is 36.4 Å². The van der Waals surface area contributed by atoms with E-state index in [1.54, 1.807) is 0 Å². The van der Waals surface area contributed by atoms with Gasteiger partial charge in [-0.05, 0) is 30.8 Å². The fourth-order valence-corrected chi connectivity index (χ4v) is 2.83. The van der Waals surface area contributed by atoms with Gasteiger partial charge >= 0.3 is 0 Å². The van der Waals surface area contributed by atoms with E-state index in [4.69, 9.17) is 0 Å². The molecule has 2 aromatic rings. The topological polar surface area (TPSA) is 47.6 Å². The molecule has 1 heterocycles. The van der Waals surface area contributed by atoms with E-state index in [9.17, 15) is 4.79 Å². The van der Waals surface area contributed by atoms with E-state index in [0.29, 0.717) is 6.54 Å². The molecular weight excluding hydrogens is 300 g/mol. The second-order valence-corrected chi connectivity index (χ2v) is 6.10. The van der Waals surface area contributed by atoms with Crippen LogP contribution in [-0.2, 0) is 6.54 Å². The summed E-state index contributed by atoms with van der Waals surface area (Å²) in [6.07, 6.45) is 0. The van der Waals surface area contributed by atoms with Gasteiger partial charge in [0, 0.05) is 44.0 Å². The van der Waals surface area contributed by atoms with Gasteiger partial charge in [-0.3, -0.25) is 4.79 Å². The van der Waals surface area contributed by atoms with Crippen molar-refractivity contribution in [3.05, 3.63) is 65.7 Å². The van der Waals surface area contributed by atoms with E-state index in [1.165, 1.54) is 0 Å². The third-order valence-electron chi connectivity index (χ3n) is 4.32. The highest BCUT2D eigenvalue weighted by Gasteiger charge is 2.21. The van der Waals surface area contributed by atoms with E-state index in [-0.39, 0.29) is 5.91 Å². The van der Waals surface area contributed by atoms with Gasteiger partial charge in [0.1, 0.15) is 0 Å². The van der Waals surface area contributed by atoms with Crippen molar-refractivity contribution in [1.82, 2.24) is 15.2 Å². The van der Waals surface area contributed by atoms with Crippen LogP contribution in [0.4, 0.5) is 5.69 Å². The van der Waals surface area contributed by atoms with E-state index in [1.807, 2.05) is 59.5 Å². The molecule has 0 unspecified atom stereocenters. The largest absolute Gasteiger partial charge is 0.336 e. The minimum Gasteiger partial charge on any atom is -0.336 e. The van der Waals surface area contributed by atoms with Crippen molar-refractivity contribution < 1.29 is 4.79 Å². The van der Waals surface area contributed by atoms with E-state index >= 15 is 0 Å². The normalized spacial score (nSPS) is 15.3. The zero-order valence-corrected chi connectivity index (χ0v) is 14.0. The summed E-state index contributed by atoms with van der Waals surface area (Å²) in [7, 11) is 2.09. The highest BCUT2D eigenvalue weighted by molar-refractivity contribution is 5.95. The number of nitrogens with zero attached hydrogens (tertiary/aromatic N) is 2. The number of rotatable bonds is 5. The second-order valence-electron chi connectivity index (χ2n) is 6.10. The molecule has 0 atom stereocenters. The molecule has 126 valence electrons. The lowest BCUT2D eigenvalue weighted by Gasteiger charge is -2.32. The average Bonchev–Trinajstić information content (AvgIpc) is 2.63. The zero-order valence-electron chi connectivity index (χ0n) is 14.0. The maximum Gasteiger partial charge on any atom is 0.254 e. The predicted octanol–water partition coefficient (Wildman–Crippen LogP) is 2.19. The number of anilines is 1. The summed E-state index contributed by atoms with van der Waals surface area (Å²) in [5.41, 5.74) is 9.14. The second kappa shape index (κ2) is 7.95. The van der Waals surface area contributed by atoms with E-state index in [2.05, 4.69) is 22.8 Å². The summed E-state index contributed by atoms with van der Waals surface area (Å²) >= 11 is 0. The molecule has 3 rings (SSSR count). The van der Waals surface area contributed by atoms with Gasteiger partial charge in [-0.25, -0.2) is 5.43 Å². The molecule has 0 spiro atoms. The summed E-state index contributed by atoms with van der Waals surface area (Å²) in [5.74, 6) is 0.125. The van der Waals surface area contributed by atoms with Crippen molar-refractivity contribution in [2.75, 3.05) is 38.7 Å². The Hall–Kier alpha value is -2.37. The third kappa shape index (κ3) is 4.13. The molecule has 2 N–H and O–H groups in total. The number of piperazine rings is 1. The van der Waals surface area contributed by atoms with Crippen molar-refractivity contribution in [3.63, 3.8) is 0 Å². The van der Waals surface area contributed by atoms with Gasteiger partial charge in [-0.2, -0.15) is 0 Å². The SMILES string of the molecule is CN1CCN(C(=O)c2ccccc2CNNc2ccccc2)CC1. The highest BCUT2D eigenvalue weighted by Crippen LogP contribution is 2.14. The first-order valence-corrected chi connectivity index (χ1v) is 8.33. The molecule has 1 fully saturated rings. The molecule has 24 heavy (non-hydrogen) atoms. The molecule has 1 aliphatic heterocycles. The molecule has 5 heteroatoms. The van der Waals surface area contributed by atoms with Crippen molar-refractivity contribution in [3.8, 4) is 0 Å². The van der Waals surface area contributed by atoms with Crippen LogP contribution in [0.25, 0.3) is 0 Å². The van der Waals surface area contributed by atoms with Crippen LogP contribution in [0.15, 0.2) is 54.6 Å². The lowest BCUT2D eigenvalue weighted by Crippen LogP contribution is -2.47. The summed E-state index contributed by atoms with van der Waals surface area (Å²) in [6.45, 7) is 4.03. The van der Waals surface area contributed by atoms with Crippen LogP contribution in [0.5, 0.6) is 0 Å². The smallest absolute Gasteiger partial charge is 0.254 e. The van der Waals surface area contributed by atoms with Crippen LogP contribution in [0.3, 0.4) is 0 Å². The minimum atomic E-state index is 0.125. The summed E-state index contributed by atoms with van der Waals surface area (Å²) < 4.78 is 0. The number of likely N-dealkylation sites (N-methyl/N-ethyl adjacent to an activating group) is 1. The minimum absolute atomic E-state index is 0.125. The average molecular weight is 324 g/mol. The first-order chi connectivity index (χ1) is 11.7. The number of nitrogens with one attached hydrogen (secondary N) is 2. The summed E-state index contributed by atoms with van der Waals surface area (Å²) in [5, 5.41) is 0. The van der Waals surface area contributed by atoms with Crippen LogP contribution in [0.2, 0.25) is 0 Å². The Labute approximate surface area is 143 Å². The van der Waals surface area contributed by atoms with Gasteiger partial charge in [0.15, 0.2) is 0 Å². The third-order valence-corrected chi connectivity index (χ3v) is 4.32. The standard InChI is InChI=1S/C19H24N4O/c1-22-11-13-23(14-12-22)19(24)18-10-6-5-7-16(18)15-20-21-17-8-3-2-4-9-17/h2-10,20-21H,11-15H2,1H3. The van der Waals surface area contributed by atoms with Crippen molar-refractivity contribution in [1.29, 1.82) is 0 Å². The number of carbonyl (C=O) groups excluding carboxylic acids is 1. The van der Waals surface area contributed by atoms with Crippen LogP contribution < -0.4 is 10.9 Å². The fourth-order valence-electron chi connectivity index (χ4n) is 2.83. The Balaban J connectivity index is 1.63. The lowest BCUT2D eigenvalue weighted by molar-refractivity contribution is 0.0663. The van der Waals surface area contributed by atoms with Crippen LogP contribution in [0.1, 0.15) is 15.9 Å². The molecule has 0 bridgehead atoms. The maximum absolute atomic E-state index is 12.8. The fraction of sp³-hybridized carbons (Fsp3) is 0.316. The molecule has 0 radical (unpaired) electrons. The number of hydrogen-bond donors (Lipinski definition) is 2. The summed E-state index contributed by atoms with van der Waals surface area (Å²) in [4.78, 5) is 17.0. The number of benzene rings is 2. The number of hydrogen-bond acceptors (Lipinski definition) is 4. The molecule has 5 nitrogen and oxygen atoms in total. The Morgan fingerprint density at radius 3 is 2.38 bits per heavy atom.